The van der Waals surface area contributed by atoms with Crippen LogP contribution in [0.2, 0.25) is 0 Å². The predicted molar refractivity (Wildman–Crippen MR) is 715 cm³/mol. The highest BCUT2D eigenvalue weighted by molar-refractivity contribution is 7.86. The van der Waals surface area contributed by atoms with Crippen LogP contribution in [-0.4, -0.2) is 317 Å². The zero-order chi connectivity index (χ0) is 111. The molecule has 0 aliphatic heterocycles. The van der Waals surface area contributed by atoms with Gasteiger partial charge in [0.25, 0.3) is 0 Å². The fraction of sp³-hybridized carbons (Fsp3) is 0.346. The summed E-state index contributed by atoms with van der Waals surface area (Å²) >= 11 is 0. The molecule has 14 rings (SSSR count). The summed E-state index contributed by atoms with van der Waals surface area (Å²) in [5.74, 6) is 0. The van der Waals surface area contributed by atoms with Crippen LogP contribution < -0.4 is 43.7 Å². The highest BCUT2D eigenvalue weighted by Gasteiger charge is 2.44. The van der Waals surface area contributed by atoms with Crippen LogP contribution in [-0.2, 0) is 0 Å². The minimum absolute atomic E-state index is 0.546. The van der Waals surface area contributed by atoms with Gasteiger partial charge in [-0.2, -0.15) is 0 Å². The number of rotatable bonds is 24. The smallest absolute Gasteiger partial charge is 0.0821 e. The molecule has 0 spiro atoms. The average Bonchev–Trinajstić information content (AvgIpc) is 0.675. The SMILES string of the molecule is [B][B]B(B([B])[B])c1c(B(B([B])[B])B([B])[B])c(C)c2c(C)c(C)c(-c3c4c(C)c(C)c(C)c(C)c4c(-c4c(C)c(C)c(C)c5c(C)c(C)c(C)c(C)c45)c4c(C)c(C)c(C)c(C)c34)c(B([B])[B][B])c2c1B([B])B([B])[B].[B][B]B(B([B])[B])c1c(B(B([B])[B])B([B])[B])c(C)c2c(C)c(C)c(-c3c4c(C)c(C)c(C)c(C)c4c(-c4c(C)c(C)c5c(C)c(C)c(C)c(C)c5c4C)c4c(C)c(C)c(C)c(C)c34)c(B([B])[B][B])c2c1B([B])B([B])[B]. The van der Waals surface area contributed by atoms with Crippen LogP contribution in [0, 0.1) is 249 Å². The summed E-state index contributed by atoms with van der Waals surface area (Å²) in [6.07, 6.45) is -8.28. The van der Waals surface area contributed by atoms with Crippen molar-refractivity contribution in [3.63, 3.8) is 0 Å². The average molecular weight is 1830 g/mol. The summed E-state index contributed by atoms with van der Waals surface area (Å²) in [5.41, 5.74) is 57.2. The molecular formula is C104H108B44. The first-order valence-corrected chi connectivity index (χ1v) is 52.3. The molecule has 14 aromatic carbocycles. The third-order valence-electron chi connectivity index (χ3n) is 37.6. The van der Waals surface area contributed by atoms with Crippen molar-refractivity contribution in [3.8, 4) is 44.5 Å². The Morgan fingerprint density at radius 2 is 0.291 bits per heavy atom. The lowest BCUT2D eigenvalue weighted by Gasteiger charge is -2.39. The molecule has 0 fully saturated rings. The second kappa shape index (κ2) is 44.2. The molecule has 0 aromatic heterocycles. The van der Waals surface area contributed by atoms with E-state index in [0.29, 0.717) is 32.8 Å². The lowest BCUT2D eigenvalue weighted by Crippen LogP contribution is -2.74. The van der Waals surface area contributed by atoms with Gasteiger partial charge in [0.1, 0.15) is 0 Å². The Morgan fingerprint density at radius 1 is 0.122 bits per heavy atom. The van der Waals surface area contributed by atoms with Crippen molar-refractivity contribution in [2.24, 2.45) is 0 Å². The van der Waals surface area contributed by atoms with Gasteiger partial charge < -0.3 is 0 Å². The highest BCUT2D eigenvalue weighted by atomic mass is 14.4. The molecule has 0 aliphatic rings. The van der Waals surface area contributed by atoms with Gasteiger partial charge in [0.05, 0.1) is 52.0 Å². The van der Waals surface area contributed by atoms with E-state index in [0.717, 1.165) is 110 Å². The fourth-order valence-electron chi connectivity index (χ4n) is 27.0. The molecular weight excluding hydrogens is 1720 g/mol. The van der Waals surface area contributed by atoms with Crippen LogP contribution >= 0.6 is 0 Å². The van der Waals surface area contributed by atoms with E-state index in [1.807, 2.05) is 13.8 Å². The molecule has 0 heterocycles. The molecule has 0 unspecified atom stereocenters. The van der Waals surface area contributed by atoms with Crippen LogP contribution in [0.4, 0.5) is 0 Å². The second-order valence-electron chi connectivity index (χ2n) is 44.4. The van der Waals surface area contributed by atoms with Gasteiger partial charge >= 0.3 is 0 Å². The van der Waals surface area contributed by atoms with Crippen LogP contribution in [0.1, 0.15) is 200 Å². The molecule has 0 atom stereocenters. The third-order valence-corrected chi connectivity index (χ3v) is 37.6. The number of hydrogen-bond acceptors (Lipinski definition) is 0. The topological polar surface area (TPSA) is 0 Å². The third kappa shape index (κ3) is 18.2. The Hall–Kier alpha value is -5.98. The molecule has 52 radical (unpaired) electrons. The van der Waals surface area contributed by atoms with Gasteiger partial charge in [0.2, 0.25) is 0 Å². The molecule has 656 valence electrons. The Morgan fingerprint density at radius 3 is 0.500 bits per heavy atom. The van der Waals surface area contributed by atoms with Crippen molar-refractivity contribution in [1.29, 1.82) is 0 Å². The number of aryl methyl sites for hydroxylation is 19. The van der Waals surface area contributed by atoms with Gasteiger partial charge in [-0.3, -0.25) is 0 Å². The second-order valence-corrected chi connectivity index (χ2v) is 44.4. The van der Waals surface area contributed by atoms with E-state index in [-0.39, 0.29) is 0 Å². The van der Waals surface area contributed by atoms with Crippen molar-refractivity contribution in [2.45, 2.75) is 249 Å². The van der Waals surface area contributed by atoms with E-state index in [2.05, 4.69) is 235 Å². The molecule has 0 nitrogen and oxygen atoms in total. The van der Waals surface area contributed by atoms with Crippen LogP contribution in [0.15, 0.2) is 0 Å². The lowest BCUT2D eigenvalue weighted by molar-refractivity contribution is 1.22. The Labute approximate surface area is 932 Å². The van der Waals surface area contributed by atoms with Crippen molar-refractivity contribution in [1.82, 2.24) is 0 Å². The van der Waals surface area contributed by atoms with E-state index >= 15 is 0 Å². The maximum absolute atomic E-state index is 7.60. The zero-order valence-electron chi connectivity index (χ0n) is 95.4. The van der Waals surface area contributed by atoms with Gasteiger partial charge in [-0.25, -0.2) is 0 Å². The lowest BCUT2D eigenvalue weighted by atomic mass is 8.70. The van der Waals surface area contributed by atoms with Crippen LogP contribution in [0.25, 0.3) is 131 Å². The van der Waals surface area contributed by atoms with E-state index in [1.54, 1.807) is 14.1 Å². The van der Waals surface area contributed by atoms with Crippen molar-refractivity contribution in [3.05, 3.63) is 200 Å². The minimum Gasteiger partial charge on any atom is -0.112 e. The zero-order valence-corrected chi connectivity index (χ0v) is 95.4. The standard InChI is InChI=1S/2C52H54B22/c1-19-20(2)28(10)39-37(26(19)8)27(9)25(7)33(15)40(39)46-41-29(11)21(3)23(5)31(13)43(41)47(44-32(14)24(6)22(4)30(12)42(44)46)45-35(17)34(16)38-36(18)49(70(73(61)62)74(63)64)52(69(66-54)72(59)60)51(68(56)71(57)58)48(38)50(45)67(55)65-53;1-19-20(2)26(8)38-35(17)39(32(14)31(13)37(38)25(19)7)46-41-27(9)21(3)23(5)29(11)43(41)47(44-30(12)24(6)22(4)28(10)42(44)46)45-34(16)33(15)40-36(18)49(70(73(61)62)74(63)64)52(69(66-54)72(59)60)51(68(56)71(57)58)48(40)50(45)67(55)65-53/h2*1-18H3. The largest absolute Gasteiger partial charge is 0.112 e. The summed E-state index contributed by atoms with van der Waals surface area (Å²) in [6.45, 7) is 74.0. The molecule has 0 bridgehead atoms. The molecule has 14 aromatic rings. The molecule has 148 heavy (non-hydrogen) atoms. The number of hydrogen-bond donors (Lipinski definition) is 0. The number of fused-ring (bicyclic) bond motifs is 8. The molecule has 0 amide bonds. The van der Waals surface area contributed by atoms with Crippen molar-refractivity contribution < 1.29 is 0 Å². The molecule has 0 N–H and O–H groups in total. The Kier molecular flexibility index (Phi) is 35.6. The van der Waals surface area contributed by atoms with Gasteiger partial charge in [-0.15, -0.1) is 21.9 Å². The first kappa shape index (κ1) is 119. The van der Waals surface area contributed by atoms with Crippen molar-refractivity contribution in [2.75, 3.05) is 0 Å². The van der Waals surface area contributed by atoms with Gasteiger partial charge in [0.15, 0.2) is 0 Å². The van der Waals surface area contributed by atoms with E-state index in [9.17, 15) is 0 Å². The summed E-state index contributed by atoms with van der Waals surface area (Å²) in [7, 11) is 170. The maximum Gasteiger partial charge on any atom is 0.0821 e. The number of benzene rings is 14. The predicted octanol–water partition coefficient (Wildman–Crippen LogP) is 7.01. The quantitative estimate of drug-likeness (QED) is 0.0452. The molecule has 0 aliphatic carbocycles. The van der Waals surface area contributed by atoms with Crippen LogP contribution in [0.5, 0.6) is 0 Å². The molecule has 44 heteroatoms. The van der Waals surface area contributed by atoms with E-state index in [1.165, 1.54) is 246 Å². The normalized spacial score (nSPS) is 11.5. The first-order chi connectivity index (χ1) is 68.8. The molecule has 0 saturated heterocycles. The van der Waals surface area contributed by atoms with E-state index < -0.39 is 103 Å². The summed E-state index contributed by atoms with van der Waals surface area (Å²) < 4.78 is 0. The van der Waals surface area contributed by atoms with Crippen molar-refractivity contribution >= 4 is 447 Å². The summed E-state index contributed by atoms with van der Waals surface area (Å²) in [5, 5.41) is 17.8. The Balaban J connectivity index is 0.000000247. The van der Waals surface area contributed by atoms with E-state index in [4.69, 9.17) is 186 Å². The Bertz CT molecular complexity index is 7770. The minimum atomic E-state index is -1.09. The summed E-state index contributed by atoms with van der Waals surface area (Å²) in [4.78, 5) is 0. The van der Waals surface area contributed by atoms with Gasteiger partial charge in [-0.1, -0.05) is 33.0 Å². The summed E-state index contributed by atoms with van der Waals surface area (Å²) in [6, 6.07) is 0. The van der Waals surface area contributed by atoms with Gasteiger partial charge in [0, 0.05) is 265 Å². The first-order valence-electron chi connectivity index (χ1n) is 52.3. The van der Waals surface area contributed by atoms with Crippen LogP contribution in [0.3, 0.4) is 0 Å². The highest BCUT2D eigenvalue weighted by Crippen LogP contribution is 2.58. The van der Waals surface area contributed by atoms with Gasteiger partial charge in [-0.05, 0) is 569 Å². The maximum atomic E-state index is 7.60. The molecule has 0 saturated carbocycles. The fourth-order valence-corrected chi connectivity index (χ4v) is 27.0. The monoisotopic (exact) mass is 1840 g/mol.